The number of nitrogens with zero attached hydrogens (tertiary/aromatic N) is 2. The van der Waals surface area contributed by atoms with Gasteiger partial charge in [0.25, 0.3) is 5.69 Å². The number of rotatable bonds is 5. The average Bonchev–Trinajstić information content (AvgIpc) is 3.06. The smallest absolute Gasteiger partial charge is 0.292 e. The third-order valence-corrected chi connectivity index (χ3v) is 4.84. The highest BCUT2D eigenvalue weighted by atomic mass is 35.5. The van der Waals surface area contributed by atoms with Gasteiger partial charge in [-0.2, -0.15) is 0 Å². The van der Waals surface area contributed by atoms with Crippen molar-refractivity contribution >= 4 is 34.6 Å². The number of hydrogen-bond acceptors (Lipinski definition) is 5. The van der Waals surface area contributed by atoms with Gasteiger partial charge in [-0.25, -0.2) is 0 Å². The van der Waals surface area contributed by atoms with Crippen molar-refractivity contribution in [1.29, 1.82) is 0 Å². The zero-order chi connectivity index (χ0) is 18.0. The largest absolute Gasteiger partial charge is 0.488 e. The van der Waals surface area contributed by atoms with E-state index in [-0.39, 0.29) is 18.4 Å². The first-order valence-corrected chi connectivity index (χ1v) is 8.48. The number of halogens is 2. The topological polar surface area (TPSA) is 75.8 Å². The summed E-state index contributed by atoms with van der Waals surface area (Å²) in [5, 5.41) is 21.4. The van der Waals surface area contributed by atoms with E-state index in [0.717, 1.165) is 6.42 Å². The van der Waals surface area contributed by atoms with E-state index in [9.17, 15) is 15.2 Å². The maximum Gasteiger partial charge on any atom is 0.292 e. The molecule has 8 heteroatoms. The van der Waals surface area contributed by atoms with Crippen LogP contribution in [0, 0.1) is 10.1 Å². The van der Waals surface area contributed by atoms with Gasteiger partial charge in [-0.1, -0.05) is 23.2 Å². The Labute approximate surface area is 154 Å². The number of anilines is 1. The molecule has 1 aliphatic rings. The Morgan fingerprint density at radius 1 is 1.24 bits per heavy atom. The highest BCUT2D eigenvalue weighted by Crippen LogP contribution is 2.33. The minimum atomic E-state index is -0.413. The lowest BCUT2D eigenvalue weighted by atomic mass is 10.1. The summed E-state index contributed by atoms with van der Waals surface area (Å²) in [7, 11) is 0. The van der Waals surface area contributed by atoms with Gasteiger partial charge in [0.05, 0.1) is 28.1 Å². The summed E-state index contributed by atoms with van der Waals surface area (Å²) in [4.78, 5) is 12.8. The number of benzene rings is 2. The van der Waals surface area contributed by atoms with Crippen LogP contribution < -0.4 is 9.64 Å². The molecular weight excluding hydrogens is 367 g/mol. The van der Waals surface area contributed by atoms with Crippen molar-refractivity contribution in [1.82, 2.24) is 0 Å². The summed E-state index contributed by atoms with van der Waals surface area (Å²) in [6.45, 7) is 0.972. The molecule has 1 N–H and O–H groups in total. The van der Waals surface area contributed by atoms with E-state index < -0.39 is 4.92 Å². The zero-order valence-corrected chi connectivity index (χ0v) is 14.7. The molecule has 2 aromatic carbocycles. The summed E-state index contributed by atoms with van der Waals surface area (Å²) < 4.78 is 5.92. The highest BCUT2D eigenvalue weighted by Gasteiger charge is 2.29. The van der Waals surface area contributed by atoms with Crippen LogP contribution in [0.4, 0.5) is 11.4 Å². The predicted molar refractivity (Wildman–Crippen MR) is 96.7 cm³/mol. The van der Waals surface area contributed by atoms with E-state index in [1.807, 2.05) is 4.90 Å². The van der Waals surface area contributed by atoms with Crippen molar-refractivity contribution in [2.45, 2.75) is 19.1 Å². The molecule has 1 unspecified atom stereocenters. The van der Waals surface area contributed by atoms with Crippen molar-refractivity contribution in [2.24, 2.45) is 0 Å². The Balaban J connectivity index is 1.76. The molecule has 0 radical (unpaired) electrons. The Kier molecular flexibility index (Phi) is 5.32. The van der Waals surface area contributed by atoms with E-state index in [1.54, 1.807) is 30.3 Å². The third kappa shape index (κ3) is 3.98. The molecule has 0 saturated carbocycles. The molecule has 6 nitrogen and oxygen atoms in total. The molecule has 3 rings (SSSR count). The normalized spacial score (nSPS) is 16.9. The predicted octanol–water partition coefficient (Wildman–Crippen LogP) is 4.05. The molecule has 2 aromatic rings. The van der Waals surface area contributed by atoms with Crippen molar-refractivity contribution in [3.63, 3.8) is 0 Å². The second-order valence-corrected chi connectivity index (χ2v) is 6.60. The maximum absolute atomic E-state index is 11.3. The van der Waals surface area contributed by atoms with Gasteiger partial charge in [-0.05, 0) is 29.8 Å². The maximum atomic E-state index is 11.3. The molecule has 0 aliphatic carbocycles. The van der Waals surface area contributed by atoms with E-state index in [0.29, 0.717) is 40.1 Å². The summed E-state index contributed by atoms with van der Waals surface area (Å²) in [6, 6.07) is 9.70. The van der Waals surface area contributed by atoms with Gasteiger partial charge in [0.15, 0.2) is 0 Å². The Morgan fingerprint density at radius 3 is 2.72 bits per heavy atom. The van der Waals surface area contributed by atoms with Gasteiger partial charge in [0.1, 0.15) is 17.5 Å². The van der Waals surface area contributed by atoms with E-state index in [2.05, 4.69) is 0 Å². The zero-order valence-electron chi connectivity index (χ0n) is 13.2. The first-order valence-electron chi connectivity index (χ1n) is 7.72. The van der Waals surface area contributed by atoms with Crippen LogP contribution >= 0.6 is 23.2 Å². The number of aliphatic hydroxyl groups excluding tert-OH is 1. The van der Waals surface area contributed by atoms with E-state index >= 15 is 0 Å². The fourth-order valence-electron chi connectivity index (χ4n) is 2.86. The van der Waals surface area contributed by atoms with Gasteiger partial charge in [-0.3, -0.25) is 10.1 Å². The highest BCUT2D eigenvalue weighted by molar-refractivity contribution is 6.42. The molecule has 0 aromatic heterocycles. The molecule has 0 amide bonds. The number of nitro groups is 1. The molecule has 1 saturated heterocycles. The summed E-state index contributed by atoms with van der Waals surface area (Å²) >= 11 is 11.9. The Morgan fingerprint density at radius 2 is 2.04 bits per heavy atom. The monoisotopic (exact) mass is 382 g/mol. The van der Waals surface area contributed by atoms with Crippen molar-refractivity contribution in [3.05, 3.63) is 62.1 Å². The third-order valence-electron chi connectivity index (χ3n) is 4.10. The lowest BCUT2D eigenvalue weighted by molar-refractivity contribution is -0.384. The van der Waals surface area contributed by atoms with Gasteiger partial charge in [0, 0.05) is 25.1 Å². The molecule has 1 fully saturated rings. The van der Waals surface area contributed by atoms with Crippen molar-refractivity contribution < 1.29 is 14.8 Å². The lowest BCUT2D eigenvalue weighted by Crippen LogP contribution is -2.25. The SMILES string of the molecule is O=[N+]([O-])c1ccc(CO)cc1N1CCC(Oc2ccc(Cl)c(Cl)c2)C1. The van der Waals surface area contributed by atoms with Crippen molar-refractivity contribution in [3.8, 4) is 5.75 Å². The molecule has 25 heavy (non-hydrogen) atoms. The second kappa shape index (κ2) is 7.47. The number of hydrogen-bond donors (Lipinski definition) is 1. The molecular formula is C17H16Cl2N2O4. The van der Waals surface area contributed by atoms with Crippen LogP contribution in [0.3, 0.4) is 0 Å². The van der Waals surface area contributed by atoms with E-state index in [1.165, 1.54) is 6.07 Å². The standard InChI is InChI=1S/C17H16Cl2N2O4/c18-14-3-2-12(8-15(14)19)25-13-5-6-20(9-13)17-7-11(10-22)1-4-16(17)21(23)24/h1-4,7-8,13,22H,5-6,9-10H2. The molecule has 1 aliphatic heterocycles. The molecule has 1 heterocycles. The Hall–Kier alpha value is -2.02. The van der Waals surface area contributed by atoms with Gasteiger partial charge >= 0.3 is 0 Å². The van der Waals surface area contributed by atoms with Crippen LogP contribution in [-0.2, 0) is 6.61 Å². The summed E-state index contributed by atoms with van der Waals surface area (Å²) in [5.74, 6) is 0.611. The van der Waals surface area contributed by atoms with Crippen molar-refractivity contribution in [2.75, 3.05) is 18.0 Å². The van der Waals surface area contributed by atoms with E-state index in [4.69, 9.17) is 27.9 Å². The fraction of sp³-hybridized carbons (Fsp3) is 0.294. The van der Waals surface area contributed by atoms with Crippen LogP contribution in [0.5, 0.6) is 5.75 Å². The van der Waals surface area contributed by atoms with Crippen LogP contribution in [0.1, 0.15) is 12.0 Å². The second-order valence-electron chi connectivity index (χ2n) is 5.79. The lowest BCUT2D eigenvalue weighted by Gasteiger charge is -2.19. The minimum Gasteiger partial charge on any atom is -0.488 e. The van der Waals surface area contributed by atoms with Gasteiger partial charge in [0.2, 0.25) is 0 Å². The van der Waals surface area contributed by atoms with Crippen LogP contribution in [0.25, 0.3) is 0 Å². The first-order chi connectivity index (χ1) is 12.0. The van der Waals surface area contributed by atoms with Crippen LogP contribution in [0.15, 0.2) is 36.4 Å². The average molecular weight is 383 g/mol. The molecule has 0 spiro atoms. The number of ether oxygens (including phenoxy) is 1. The van der Waals surface area contributed by atoms with Crippen LogP contribution in [0.2, 0.25) is 10.0 Å². The van der Waals surface area contributed by atoms with Gasteiger partial charge < -0.3 is 14.7 Å². The van der Waals surface area contributed by atoms with Crippen LogP contribution in [-0.4, -0.2) is 29.2 Å². The molecule has 0 bridgehead atoms. The first kappa shape index (κ1) is 17.8. The molecule has 132 valence electrons. The quantitative estimate of drug-likeness (QED) is 0.623. The Bertz CT molecular complexity index is 800. The van der Waals surface area contributed by atoms with Gasteiger partial charge in [-0.15, -0.1) is 0 Å². The fourth-order valence-corrected chi connectivity index (χ4v) is 3.15. The summed E-state index contributed by atoms with van der Waals surface area (Å²) in [6.07, 6.45) is 0.607. The molecule has 1 atom stereocenters. The minimum absolute atomic E-state index is 0.0207. The summed E-state index contributed by atoms with van der Waals surface area (Å²) in [5.41, 5.74) is 1.15. The number of aliphatic hydroxyl groups is 1. The number of nitro benzene ring substituents is 1.